The Morgan fingerprint density at radius 1 is 1.33 bits per heavy atom. The quantitative estimate of drug-likeness (QED) is 0.391. The van der Waals surface area contributed by atoms with E-state index in [1.807, 2.05) is 0 Å². The zero-order chi connectivity index (χ0) is 16.2. The fourth-order valence-electron chi connectivity index (χ4n) is 1.51. The Hall–Kier alpha value is -2.22. The number of carbonyl (C=O) groups excluding carboxylic acids is 1. The number of ether oxygens (including phenoxy) is 1. The van der Waals surface area contributed by atoms with Crippen LogP contribution in [0.1, 0.15) is 31.9 Å². The van der Waals surface area contributed by atoms with Gasteiger partial charge in [0.1, 0.15) is 17.2 Å². The first kappa shape index (κ1) is 16.8. The summed E-state index contributed by atoms with van der Waals surface area (Å²) >= 11 is 0. The Labute approximate surface area is 120 Å². The predicted molar refractivity (Wildman–Crippen MR) is 71.2 cm³/mol. The van der Waals surface area contributed by atoms with Crippen LogP contribution < -0.4 is 10.8 Å². The maximum atomic E-state index is 13.7. The lowest BCUT2D eigenvalue weighted by Crippen LogP contribution is -2.32. The summed E-state index contributed by atoms with van der Waals surface area (Å²) in [7, 11) is 0. The molecule has 0 spiro atoms. The number of nitrogens with one attached hydrogen (secondary N) is 3. The van der Waals surface area contributed by atoms with Gasteiger partial charge in [0.25, 0.3) is 0 Å². The third kappa shape index (κ3) is 4.99. The Morgan fingerprint density at radius 2 is 1.86 bits per heavy atom. The summed E-state index contributed by atoms with van der Waals surface area (Å²) in [5, 5.41) is 18.0. The lowest BCUT2D eigenvalue weighted by Gasteiger charge is -2.19. The molecule has 4 N–H and O–H groups in total. The van der Waals surface area contributed by atoms with Crippen LogP contribution >= 0.6 is 0 Å². The van der Waals surface area contributed by atoms with Crippen LogP contribution in [0, 0.1) is 17.0 Å². The van der Waals surface area contributed by atoms with Crippen molar-refractivity contribution in [3.63, 3.8) is 0 Å². The Morgan fingerprint density at radius 3 is 2.29 bits per heavy atom. The van der Waals surface area contributed by atoms with Crippen molar-refractivity contribution in [2.75, 3.05) is 0 Å². The van der Waals surface area contributed by atoms with E-state index in [0.29, 0.717) is 0 Å². The largest absolute Gasteiger partial charge is 0.444 e. The summed E-state index contributed by atoms with van der Waals surface area (Å²) in [4.78, 5) is 11.4. The highest BCUT2D eigenvalue weighted by atomic mass is 19.1. The minimum Gasteiger partial charge on any atom is -0.444 e. The number of hydrogen-bond donors (Lipinski definition) is 4. The van der Waals surface area contributed by atoms with Crippen molar-refractivity contribution >= 4 is 11.9 Å². The molecule has 1 rings (SSSR count). The van der Waals surface area contributed by atoms with Gasteiger partial charge in [-0.3, -0.25) is 16.1 Å². The molecule has 0 bridgehead atoms. The smallest absolute Gasteiger partial charge is 0.407 e. The molecule has 1 aromatic carbocycles. The molecule has 0 heterocycles. The normalized spacial score (nSPS) is 11.0. The van der Waals surface area contributed by atoms with E-state index >= 15 is 0 Å². The van der Waals surface area contributed by atoms with Gasteiger partial charge in [-0.2, -0.15) is 0 Å². The molecule has 116 valence electrons. The average molecular weight is 301 g/mol. The molecule has 6 nitrogen and oxygen atoms in total. The van der Waals surface area contributed by atoms with Crippen molar-refractivity contribution in [1.29, 1.82) is 5.41 Å². The highest BCUT2D eigenvalue weighted by Gasteiger charge is 2.18. The molecule has 0 saturated heterocycles. The second-order valence-corrected chi connectivity index (χ2v) is 5.28. The number of amidine groups is 1. The highest BCUT2D eigenvalue weighted by Crippen LogP contribution is 2.15. The number of alkyl carbamates (subject to hydrolysis) is 1. The lowest BCUT2D eigenvalue weighted by molar-refractivity contribution is 0.0523. The van der Waals surface area contributed by atoms with Crippen molar-refractivity contribution < 1.29 is 23.5 Å². The van der Waals surface area contributed by atoms with Crippen molar-refractivity contribution in [1.82, 2.24) is 10.8 Å². The molecular weight excluding hydrogens is 284 g/mol. The third-order valence-corrected chi connectivity index (χ3v) is 2.30. The van der Waals surface area contributed by atoms with Gasteiger partial charge in [0.05, 0.1) is 5.56 Å². The number of amides is 1. The first-order valence-electron chi connectivity index (χ1n) is 6.08. The summed E-state index contributed by atoms with van der Waals surface area (Å²) in [5.74, 6) is -2.85. The van der Waals surface area contributed by atoms with E-state index in [1.54, 1.807) is 20.8 Å². The Balaban J connectivity index is 2.79. The summed E-state index contributed by atoms with van der Waals surface area (Å²) < 4.78 is 32.3. The number of benzene rings is 1. The van der Waals surface area contributed by atoms with Crippen LogP contribution in [0.4, 0.5) is 13.6 Å². The van der Waals surface area contributed by atoms with Crippen LogP contribution in [0.3, 0.4) is 0 Å². The van der Waals surface area contributed by atoms with E-state index in [1.165, 1.54) is 5.48 Å². The third-order valence-electron chi connectivity index (χ3n) is 2.30. The molecule has 1 amide bonds. The van der Waals surface area contributed by atoms with Crippen molar-refractivity contribution in [2.24, 2.45) is 0 Å². The van der Waals surface area contributed by atoms with Crippen LogP contribution in [-0.4, -0.2) is 22.7 Å². The average Bonchev–Trinajstić information content (AvgIpc) is 2.33. The summed E-state index contributed by atoms with van der Waals surface area (Å²) in [6, 6.07) is 1.92. The standard InChI is InChI=1S/C13H17F2N3O3/c1-13(2,3)21-12(19)17-6-7-4-8(14)10(9(15)5-7)11(16)18-20/h4-5,20H,6H2,1-3H3,(H2,16,18)(H,17,19). The van der Waals surface area contributed by atoms with Gasteiger partial charge in [-0.05, 0) is 38.5 Å². The van der Waals surface area contributed by atoms with Crippen LogP contribution in [0.2, 0.25) is 0 Å². The fourth-order valence-corrected chi connectivity index (χ4v) is 1.51. The minimum atomic E-state index is -1.03. The maximum Gasteiger partial charge on any atom is 0.407 e. The predicted octanol–water partition coefficient (Wildman–Crippen LogP) is 2.29. The molecule has 8 heteroatoms. The fraction of sp³-hybridized carbons (Fsp3) is 0.385. The molecule has 0 fully saturated rings. The van der Waals surface area contributed by atoms with E-state index in [0.717, 1.165) is 12.1 Å². The zero-order valence-electron chi connectivity index (χ0n) is 11.9. The van der Waals surface area contributed by atoms with E-state index in [-0.39, 0.29) is 12.1 Å². The van der Waals surface area contributed by atoms with E-state index in [9.17, 15) is 13.6 Å². The van der Waals surface area contributed by atoms with Gasteiger partial charge >= 0.3 is 6.09 Å². The van der Waals surface area contributed by atoms with E-state index in [4.69, 9.17) is 15.4 Å². The SMILES string of the molecule is CC(C)(C)OC(=O)NCc1cc(F)c(C(=N)NO)c(F)c1. The molecule has 0 aromatic heterocycles. The van der Waals surface area contributed by atoms with Crippen LogP contribution in [0.5, 0.6) is 0 Å². The summed E-state index contributed by atoms with van der Waals surface area (Å²) in [6.45, 7) is 4.93. The second kappa shape index (κ2) is 6.49. The number of hydroxylamine groups is 1. The number of rotatable bonds is 3. The molecule has 21 heavy (non-hydrogen) atoms. The number of halogens is 2. The molecule has 0 aliphatic carbocycles. The van der Waals surface area contributed by atoms with Gasteiger partial charge in [0.15, 0.2) is 5.84 Å². The minimum absolute atomic E-state index is 0.136. The summed E-state index contributed by atoms with van der Waals surface area (Å²) in [6.07, 6.45) is -0.711. The molecule has 1 aromatic rings. The Kier molecular flexibility index (Phi) is 5.20. The van der Waals surface area contributed by atoms with E-state index in [2.05, 4.69) is 5.32 Å². The van der Waals surface area contributed by atoms with E-state index < -0.39 is 34.7 Å². The van der Waals surface area contributed by atoms with Crippen molar-refractivity contribution in [2.45, 2.75) is 32.9 Å². The zero-order valence-corrected chi connectivity index (χ0v) is 11.9. The number of carbonyl (C=O) groups is 1. The van der Waals surface area contributed by atoms with Crippen LogP contribution in [0.25, 0.3) is 0 Å². The topological polar surface area (TPSA) is 94.4 Å². The van der Waals surface area contributed by atoms with Crippen molar-refractivity contribution in [3.05, 3.63) is 34.9 Å². The molecular formula is C13H17F2N3O3. The number of hydrogen-bond acceptors (Lipinski definition) is 4. The van der Waals surface area contributed by atoms with Gasteiger partial charge in [-0.15, -0.1) is 0 Å². The van der Waals surface area contributed by atoms with Gasteiger partial charge in [-0.25, -0.2) is 13.6 Å². The molecule has 0 aliphatic rings. The van der Waals surface area contributed by atoms with Gasteiger partial charge in [0.2, 0.25) is 0 Å². The molecule has 0 aliphatic heterocycles. The molecule has 0 unspecified atom stereocenters. The Bertz CT molecular complexity index is 533. The van der Waals surface area contributed by atoms with Gasteiger partial charge in [-0.1, -0.05) is 0 Å². The van der Waals surface area contributed by atoms with Crippen LogP contribution in [0.15, 0.2) is 12.1 Å². The summed E-state index contributed by atoms with van der Waals surface area (Å²) in [5.41, 5.74) is 0.173. The first-order valence-corrected chi connectivity index (χ1v) is 6.08. The van der Waals surface area contributed by atoms with Crippen LogP contribution in [-0.2, 0) is 11.3 Å². The highest BCUT2D eigenvalue weighted by molar-refractivity contribution is 5.96. The second-order valence-electron chi connectivity index (χ2n) is 5.28. The van der Waals surface area contributed by atoms with Crippen molar-refractivity contribution in [3.8, 4) is 0 Å². The monoisotopic (exact) mass is 301 g/mol. The molecule has 0 atom stereocenters. The molecule has 0 saturated carbocycles. The van der Waals surface area contributed by atoms with Gasteiger partial charge in [0, 0.05) is 6.54 Å². The first-order chi connectivity index (χ1) is 9.64. The molecule has 0 radical (unpaired) electrons. The maximum absolute atomic E-state index is 13.7. The lowest BCUT2D eigenvalue weighted by atomic mass is 10.1. The van der Waals surface area contributed by atoms with Gasteiger partial charge < -0.3 is 10.1 Å².